The molecule has 1 aliphatic carbocycles. The van der Waals surface area contributed by atoms with Crippen molar-refractivity contribution in [2.45, 2.75) is 16.6 Å². The van der Waals surface area contributed by atoms with Crippen molar-refractivity contribution in [2.75, 3.05) is 14.2 Å². The van der Waals surface area contributed by atoms with Crippen molar-refractivity contribution in [3.05, 3.63) is 23.8 Å². The van der Waals surface area contributed by atoms with E-state index >= 15 is 0 Å². The molecule has 1 N–H and O–H groups in total. The molecule has 1 amide bonds. The van der Waals surface area contributed by atoms with Crippen LogP contribution in [0, 0.1) is 5.41 Å². The summed E-state index contributed by atoms with van der Waals surface area (Å²) in [5.41, 5.74) is 2.81. The second kappa shape index (κ2) is 5.96. The number of hydrazone groups is 1. The Bertz CT molecular complexity index is 590. The third-order valence-electron chi connectivity index (χ3n) is 3.57. The van der Waals surface area contributed by atoms with Gasteiger partial charge in [0.1, 0.15) is 11.5 Å². The molecule has 2 rings (SSSR count). The molecular formula is C14H16Br2N2O3. The predicted molar refractivity (Wildman–Crippen MR) is 88.6 cm³/mol. The standard InChI is InChI=1S/C14H16Br2N2O3/c1-13(8-14(13,15)16)12(19)18-17-7-9-4-5-10(20-2)6-11(9)21-3/h4-7H,8H2,1-3H3,(H,18,19). The fourth-order valence-corrected chi connectivity index (χ4v) is 3.34. The number of ether oxygens (including phenoxy) is 2. The van der Waals surface area contributed by atoms with E-state index in [-0.39, 0.29) is 9.14 Å². The highest BCUT2D eigenvalue weighted by atomic mass is 79.9. The SMILES string of the molecule is COc1ccc(C=NNC(=O)C2(C)CC2(Br)Br)c(OC)c1. The van der Waals surface area contributed by atoms with Gasteiger partial charge in [-0.25, -0.2) is 5.43 Å². The van der Waals surface area contributed by atoms with Crippen molar-refractivity contribution in [3.8, 4) is 11.5 Å². The molecule has 114 valence electrons. The molecule has 0 spiro atoms. The van der Waals surface area contributed by atoms with Crippen LogP contribution in [0.3, 0.4) is 0 Å². The molecule has 1 atom stereocenters. The van der Waals surface area contributed by atoms with Crippen molar-refractivity contribution in [2.24, 2.45) is 10.5 Å². The molecule has 0 aliphatic heterocycles. The van der Waals surface area contributed by atoms with Gasteiger partial charge in [-0.2, -0.15) is 5.10 Å². The molecule has 0 bridgehead atoms. The van der Waals surface area contributed by atoms with Gasteiger partial charge in [0.15, 0.2) is 0 Å². The second-order valence-corrected chi connectivity index (χ2v) is 8.79. The number of rotatable bonds is 5. The Balaban J connectivity index is 2.04. The Labute approximate surface area is 140 Å². The number of carbonyl (C=O) groups is 1. The smallest absolute Gasteiger partial charge is 0.248 e. The highest BCUT2D eigenvalue weighted by Crippen LogP contribution is 2.66. The van der Waals surface area contributed by atoms with E-state index in [1.807, 2.05) is 13.0 Å². The summed E-state index contributed by atoms with van der Waals surface area (Å²) in [6, 6.07) is 5.37. The summed E-state index contributed by atoms with van der Waals surface area (Å²) in [6.45, 7) is 1.87. The summed E-state index contributed by atoms with van der Waals surface area (Å²) in [5.74, 6) is 1.18. The van der Waals surface area contributed by atoms with Crippen molar-refractivity contribution in [1.82, 2.24) is 5.43 Å². The summed E-state index contributed by atoms with van der Waals surface area (Å²) in [7, 11) is 3.16. The lowest BCUT2D eigenvalue weighted by molar-refractivity contribution is -0.125. The van der Waals surface area contributed by atoms with Gasteiger partial charge >= 0.3 is 0 Å². The number of benzene rings is 1. The van der Waals surface area contributed by atoms with E-state index in [1.165, 1.54) is 0 Å². The van der Waals surface area contributed by atoms with Gasteiger partial charge < -0.3 is 9.47 Å². The van der Waals surface area contributed by atoms with Gasteiger partial charge in [0, 0.05) is 11.6 Å². The Morgan fingerprint density at radius 2 is 2.05 bits per heavy atom. The van der Waals surface area contributed by atoms with E-state index in [0.717, 1.165) is 5.56 Å². The summed E-state index contributed by atoms with van der Waals surface area (Å²) in [4.78, 5) is 12.1. The minimum absolute atomic E-state index is 0.139. The lowest BCUT2D eigenvalue weighted by atomic mass is 10.1. The molecular weight excluding hydrogens is 404 g/mol. The quantitative estimate of drug-likeness (QED) is 0.453. The lowest BCUT2D eigenvalue weighted by Gasteiger charge is -2.10. The molecule has 21 heavy (non-hydrogen) atoms. The van der Waals surface area contributed by atoms with Crippen molar-refractivity contribution < 1.29 is 14.3 Å². The van der Waals surface area contributed by atoms with Gasteiger partial charge in [-0.3, -0.25) is 4.79 Å². The third-order valence-corrected chi connectivity index (χ3v) is 5.88. The molecule has 0 radical (unpaired) electrons. The molecule has 5 nitrogen and oxygen atoms in total. The van der Waals surface area contributed by atoms with Crippen LogP contribution in [0.15, 0.2) is 23.3 Å². The van der Waals surface area contributed by atoms with Gasteiger partial charge in [-0.15, -0.1) is 0 Å². The van der Waals surface area contributed by atoms with Crippen LogP contribution < -0.4 is 14.9 Å². The van der Waals surface area contributed by atoms with Gasteiger partial charge in [0.2, 0.25) is 5.91 Å². The minimum Gasteiger partial charge on any atom is -0.497 e. The van der Waals surface area contributed by atoms with Crippen molar-refractivity contribution in [1.29, 1.82) is 0 Å². The van der Waals surface area contributed by atoms with Crippen LogP contribution in [0.2, 0.25) is 0 Å². The Morgan fingerprint density at radius 1 is 1.38 bits per heavy atom. The van der Waals surface area contributed by atoms with Crippen LogP contribution in [0.1, 0.15) is 18.9 Å². The van der Waals surface area contributed by atoms with E-state index in [0.29, 0.717) is 17.9 Å². The molecule has 7 heteroatoms. The maximum Gasteiger partial charge on any atom is 0.248 e. The first kappa shape index (κ1) is 16.3. The Kier molecular flexibility index (Phi) is 4.63. The molecule has 0 aromatic heterocycles. The average Bonchev–Trinajstić information content (AvgIpc) is 2.99. The van der Waals surface area contributed by atoms with Crippen LogP contribution in [0.4, 0.5) is 0 Å². The van der Waals surface area contributed by atoms with Crippen LogP contribution in [0.5, 0.6) is 11.5 Å². The lowest BCUT2D eigenvalue weighted by Crippen LogP contribution is -2.29. The molecule has 1 aliphatic rings. The number of amides is 1. The number of methoxy groups -OCH3 is 2. The number of alkyl halides is 2. The zero-order chi connectivity index (χ0) is 15.7. The van der Waals surface area contributed by atoms with Crippen LogP contribution in [-0.4, -0.2) is 29.6 Å². The first-order valence-electron chi connectivity index (χ1n) is 6.27. The molecule has 0 heterocycles. The highest BCUT2D eigenvalue weighted by molar-refractivity contribution is 9.25. The number of nitrogens with zero attached hydrogens (tertiary/aromatic N) is 1. The van der Waals surface area contributed by atoms with E-state index in [4.69, 9.17) is 9.47 Å². The average molecular weight is 420 g/mol. The van der Waals surface area contributed by atoms with E-state index in [1.54, 1.807) is 32.6 Å². The number of nitrogens with one attached hydrogen (secondary N) is 1. The van der Waals surface area contributed by atoms with Crippen molar-refractivity contribution in [3.63, 3.8) is 0 Å². The van der Waals surface area contributed by atoms with Crippen molar-refractivity contribution >= 4 is 44.0 Å². The minimum atomic E-state index is -0.492. The van der Waals surface area contributed by atoms with Gasteiger partial charge in [0.25, 0.3) is 0 Å². The topological polar surface area (TPSA) is 59.9 Å². The normalized spacial score (nSPS) is 22.9. The fraction of sp³-hybridized carbons (Fsp3) is 0.429. The molecule has 0 saturated heterocycles. The number of halogens is 2. The highest BCUT2D eigenvalue weighted by Gasteiger charge is 2.66. The number of hydrogen-bond acceptors (Lipinski definition) is 4. The summed E-state index contributed by atoms with van der Waals surface area (Å²) < 4.78 is 10.1. The summed E-state index contributed by atoms with van der Waals surface area (Å²) >= 11 is 6.91. The fourth-order valence-electron chi connectivity index (χ4n) is 1.86. The number of carbonyl (C=O) groups excluding carboxylic acids is 1. The molecule has 1 fully saturated rings. The zero-order valence-electron chi connectivity index (χ0n) is 11.9. The van der Waals surface area contributed by atoms with Gasteiger partial charge in [0.05, 0.1) is 29.1 Å². The first-order valence-corrected chi connectivity index (χ1v) is 7.86. The van der Waals surface area contributed by atoms with E-state index in [9.17, 15) is 4.79 Å². The maximum absolute atomic E-state index is 12.1. The summed E-state index contributed by atoms with van der Waals surface area (Å²) in [5, 5.41) is 3.99. The zero-order valence-corrected chi connectivity index (χ0v) is 15.1. The number of hydrogen-bond donors (Lipinski definition) is 1. The van der Waals surface area contributed by atoms with E-state index in [2.05, 4.69) is 42.4 Å². The van der Waals surface area contributed by atoms with E-state index < -0.39 is 5.41 Å². The Morgan fingerprint density at radius 3 is 2.57 bits per heavy atom. The molecule has 1 saturated carbocycles. The molecule has 1 aromatic carbocycles. The van der Waals surface area contributed by atoms with Gasteiger partial charge in [-0.1, -0.05) is 31.9 Å². The van der Waals surface area contributed by atoms with Crippen LogP contribution >= 0.6 is 31.9 Å². The first-order chi connectivity index (χ1) is 9.84. The second-order valence-electron chi connectivity index (χ2n) is 5.02. The maximum atomic E-state index is 12.1. The predicted octanol–water partition coefficient (Wildman–Crippen LogP) is 3.05. The molecule has 1 unspecified atom stereocenters. The monoisotopic (exact) mass is 418 g/mol. The van der Waals surface area contributed by atoms with Crippen LogP contribution in [-0.2, 0) is 4.79 Å². The Hall–Kier alpha value is -1.08. The van der Waals surface area contributed by atoms with Crippen LogP contribution in [0.25, 0.3) is 0 Å². The largest absolute Gasteiger partial charge is 0.497 e. The third kappa shape index (κ3) is 3.23. The summed E-state index contributed by atoms with van der Waals surface area (Å²) in [6.07, 6.45) is 2.26. The molecule has 1 aromatic rings. The van der Waals surface area contributed by atoms with Gasteiger partial charge in [-0.05, 0) is 25.5 Å².